The molecule has 1 aromatic rings. The van der Waals surface area contributed by atoms with Crippen molar-refractivity contribution in [2.24, 2.45) is 0 Å². The molecule has 2 aliphatic rings. The van der Waals surface area contributed by atoms with Crippen LogP contribution in [0.5, 0.6) is 0 Å². The highest BCUT2D eigenvalue weighted by molar-refractivity contribution is 9.10. The second-order valence-electron chi connectivity index (χ2n) is 7.64. The van der Waals surface area contributed by atoms with Gasteiger partial charge < -0.3 is 10.2 Å². The lowest BCUT2D eigenvalue weighted by Gasteiger charge is -2.31. The van der Waals surface area contributed by atoms with Gasteiger partial charge in [-0.2, -0.15) is 4.31 Å². The average molecular weight is 488 g/mol. The van der Waals surface area contributed by atoms with Crippen molar-refractivity contribution >= 4 is 37.9 Å². The number of hydrogen-bond acceptors (Lipinski definition) is 4. The van der Waals surface area contributed by atoms with Crippen molar-refractivity contribution in [3.63, 3.8) is 0 Å². The number of hydrogen-bond donors (Lipinski definition) is 3. The number of imide groups is 1. The first-order valence-corrected chi connectivity index (χ1v) is 12.3. The maximum Gasteiger partial charge on any atom is 0.321 e. The summed E-state index contributed by atoms with van der Waals surface area (Å²) < 4.78 is 27.7. The standard InChI is InChI=1S/C19H27BrN4O4S/c20-15-6-8-17(9-7-15)29(27,28)24-12-10-23(11-13-24)14-18(25)22-19(26)21-16-4-2-1-3-5-16/h6-9,16H,1-5,10-14H2,(H2,21,22,25,26)/p+1. The first-order chi connectivity index (χ1) is 13.8. The van der Waals surface area contributed by atoms with Crippen LogP contribution < -0.4 is 15.5 Å². The summed E-state index contributed by atoms with van der Waals surface area (Å²) in [4.78, 5) is 25.4. The summed E-state index contributed by atoms with van der Waals surface area (Å²) in [5, 5.41) is 5.27. The van der Waals surface area contributed by atoms with E-state index in [0.717, 1.165) is 35.1 Å². The van der Waals surface area contributed by atoms with Gasteiger partial charge in [0.05, 0.1) is 31.1 Å². The second-order valence-corrected chi connectivity index (χ2v) is 10.5. The van der Waals surface area contributed by atoms with Crippen LogP contribution in [0.15, 0.2) is 33.6 Å². The van der Waals surface area contributed by atoms with Crippen molar-refractivity contribution in [3.05, 3.63) is 28.7 Å². The van der Waals surface area contributed by atoms with Crippen LogP contribution in [0, 0.1) is 0 Å². The predicted molar refractivity (Wildman–Crippen MR) is 112 cm³/mol. The van der Waals surface area contributed by atoms with Crippen LogP contribution in [0.1, 0.15) is 32.1 Å². The minimum Gasteiger partial charge on any atom is -0.335 e. The highest BCUT2D eigenvalue weighted by Gasteiger charge is 2.31. The van der Waals surface area contributed by atoms with Crippen LogP contribution in [0.2, 0.25) is 0 Å². The van der Waals surface area contributed by atoms with Gasteiger partial charge in [-0.05, 0) is 37.1 Å². The number of rotatable bonds is 5. The summed E-state index contributed by atoms with van der Waals surface area (Å²) in [5.41, 5.74) is 0. The highest BCUT2D eigenvalue weighted by Crippen LogP contribution is 2.19. The van der Waals surface area contributed by atoms with Crippen LogP contribution in [0.4, 0.5) is 4.79 Å². The normalized spacial score (nSPS) is 19.6. The Hall–Kier alpha value is -1.49. The van der Waals surface area contributed by atoms with Gasteiger partial charge in [-0.15, -0.1) is 0 Å². The molecule has 1 heterocycles. The van der Waals surface area contributed by atoms with Gasteiger partial charge in [0.15, 0.2) is 6.54 Å². The minimum atomic E-state index is -3.53. The van der Waals surface area contributed by atoms with Gasteiger partial charge in [-0.3, -0.25) is 10.1 Å². The van der Waals surface area contributed by atoms with Crippen LogP contribution >= 0.6 is 15.9 Å². The minimum absolute atomic E-state index is 0.149. The van der Waals surface area contributed by atoms with E-state index in [1.165, 1.54) is 10.7 Å². The maximum absolute atomic E-state index is 12.7. The molecule has 8 nitrogen and oxygen atoms in total. The zero-order chi connectivity index (χ0) is 20.9. The van der Waals surface area contributed by atoms with E-state index in [4.69, 9.17) is 0 Å². The lowest BCUT2D eigenvalue weighted by molar-refractivity contribution is -0.895. The molecule has 0 unspecified atom stereocenters. The number of carbonyl (C=O) groups is 2. The Morgan fingerprint density at radius 1 is 1.07 bits per heavy atom. The van der Waals surface area contributed by atoms with Crippen LogP contribution in [-0.2, 0) is 14.8 Å². The van der Waals surface area contributed by atoms with Crippen molar-refractivity contribution < 1.29 is 22.9 Å². The first-order valence-electron chi connectivity index (χ1n) is 10.0. The van der Waals surface area contributed by atoms with Crippen molar-refractivity contribution in [3.8, 4) is 0 Å². The molecule has 1 aliphatic heterocycles. The third-order valence-electron chi connectivity index (χ3n) is 5.48. The van der Waals surface area contributed by atoms with E-state index in [9.17, 15) is 18.0 Å². The largest absolute Gasteiger partial charge is 0.335 e. The molecule has 3 rings (SSSR count). The Balaban J connectivity index is 1.43. The van der Waals surface area contributed by atoms with Crippen molar-refractivity contribution in [2.45, 2.75) is 43.0 Å². The van der Waals surface area contributed by atoms with Gasteiger partial charge in [0.1, 0.15) is 0 Å². The molecule has 0 atom stereocenters. The van der Waals surface area contributed by atoms with Crippen LogP contribution in [0.25, 0.3) is 0 Å². The molecule has 0 aromatic heterocycles. The lowest BCUT2D eigenvalue weighted by Crippen LogP contribution is -3.15. The SMILES string of the molecule is O=C(C[NH+]1CCN(S(=O)(=O)c2ccc(Br)cc2)CC1)NC(=O)NC1CCCCC1. The average Bonchev–Trinajstić information content (AvgIpc) is 2.69. The highest BCUT2D eigenvalue weighted by atomic mass is 79.9. The molecule has 29 heavy (non-hydrogen) atoms. The lowest BCUT2D eigenvalue weighted by atomic mass is 9.96. The monoisotopic (exact) mass is 487 g/mol. The summed E-state index contributed by atoms with van der Waals surface area (Å²) in [7, 11) is -3.53. The quantitative estimate of drug-likeness (QED) is 0.562. The van der Waals surface area contributed by atoms with Crippen molar-refractivity contribution in [1.29, 1.82) is 0 Å². The molecule has 1 aliphatic carbocycles. The van der Waals surface area contributed by atoms with Gasteiger partial charge >= 0.3 is 6.03 Å². The van der Waals surface area contributed by atoms with E-state index >= 15 is 0 Å². The van der Waals surface area contributed by atoms with E-state index in [-0.39, 0.29) is 23.4 Å². The number of quaternary nitrogens is 1. The zero-order valence-electron chi connectivity index (χ0n) is 16.3. The second kappa shape index (κ2) is 10.0. The van der Waals surface area contributed by atoms with E-state index in [0.29, 0.717) is 26.2 Å². The fourth-order valence-corrected chi connectivity index (χ4v) is 5.55. The number of halogens is 1. The number of amides is 3. The van der Waals surface area contributed by atoms with Gasteiger partial charge in [-0.1, -0.05) is 35.2 Å². The van der Waals surface area contributed by atoms with Gasteiger partial charge in [-0.25, -0.2) is 13.2 Å². The summed E-state index contributed by atoms with van der Waals surface area (Å²) >= 11 is 3.31. The molecular formula is C19H28BrN4O4S+. The molecule has 160 valence electrons. The zero-order valence-corrected chi connectivity index (χ0v) is 18.7. The number of nitrogens with one attached hydrogen (secondary N) is 3. The molecule has 0 spiro atoms. The summed E-state index contributed by atoms with van der Waals surface area (Å²) in [6, 6.07) is 6.29. The number of piperazine rings is 1. The van der Waals surface area contributed by atoms with Crippen molar-refractivity contribution in [1.82, 2.24) is 14.9 Å². The molecule has 1 saturated carbocycles. The number of carbonyl (C=O) groups excluding carboxylic acids is 2. The third-order valence-corrected chi connectivity index (χ3v) is 7.93. The first kappa shape index (κ1) is 22.2. The molecule has 10 heteroatoms. The van der Waals surface area contributed by atoms with Crippen LogP contribution in [-0.4, -0.2) is 63.4 Å². The third kappa shape index (κ3) is 6.24. The van der Waals surface area contributed by atoms with Gasteiger partial charge in [0.2, 0.25) is 10.0 Å². The summed E-state index contributed by atoms with van der Waals surface area (Å²) in [6.07, 6.45) is 5.34. The Morgan fingerprint density at radius 2 is 1.69 bits per heavy atom. The topological polar surface area (TPSA) is 100 Å². The van der Waals surface area contributed by atoms with Gasteiger partial charge in [0, 0.05) is 10.5 Å². The predicted octanol–water partition coefficient (Wildman–Crippen LogP) is 0.497. The smallest absolute Gasteiger partial charge is 0.321 e. The molecule has 1 saturated heterocycles. The fourth-order valence-electron chi connectivity index (χ4n) is 3.84. The Kier molecular flexibility index (Phi) is 7.66. The maximum atomic E-state index is 12.7. The molecule has 2 fully saturated rings. The number of urea groups is 1. The molecule has 1 aromatic carbocycles. The Labute approximate surface area is 180 Å². The number of nitrogens with zero attached hydrogens (tertiary/aromatic N) is 1. The summed E-state index contributed by atoms with van der Waals surface area (Å²) in [5.74, 6) is -0.336. The molecule has 3 amide bonds. The Bertz CT molecular complexity index is 817. The fraction of sp³-hybridized carbons (Fsp3) is 0.579. The van der Waals surface area contributed by atoms with E-state index in [1.54, 1.807) is 24.3 Å². The number of sulfonamides is 1. The van der Waals surface area contributed by atoms with Gasteiger partial charge in [0.25, 0.3) is 5.91 Å². The van der Waals surface area contributed by atoms with E-state index < -0.39 is 16.1 Å². The summed E-state index contributed by atoms with van der Waals surface area (Å²) in [6.45, 7) is 1.88. The number of benzene rings is 1. The molecule has 0 bridgehead atoms. The molecular weight excluding hydrogens is 460 g/mol. The van der Waals surface area contributed by atoms with E-state index in [1.807, 2.05) is 0 Å². The Morgan fingerprint density at radius 3 is 2.31 bits per heavy atom. The van der Waals surface area contributed by atoms with E-state index in [2.05, 4.69) is 26.6 Å². The van der Waals surface area contributed by atoms with Crippen molar-refractivity contribution in [2.75, 3.05) is 32.7 Å². The van der Waals surface area contributed by atoms with Crippen LogP contribution in [0.3, 0.4) is 0 Å². The molecule has 0 radical (unpaired) electrons. The molecule has 3 N–H and O–H groups in total.